The molecule has 5 nitrogen and oxygen atoms in total. The summed E-state index contributed by atoms with van der Waals surface area (Å²) in [6, 6.07) is 7.18. The summed E-state index contributed by atoms with van der Waals surface area (Å²) in [6.07, 6.45) is 3.54. The van der Waals surface area contributed by atoms with Crippen molar-refractivity contribution in [2.75, 3.05) is 18.1 Å². The van der Waals surface area contributed by atoms with E-state index in [0.29, 0.717) is 25.4 Å². The van der Waals surface area contributed by atoms with Crippen molar-refractivity contribution in [3.63, 3.8) is 0 Å². The van der Waals surface area contributed by atoms with Gasteiger partial charge in [-0.2, -0.15) is 0 Å². The normalized spacial score (nSPS) is 13.5. The van der Waals surface area contributed by atoms with Crippen LogP contribution in [0.3, 0.4) is 0 Å². The molecule has 2 heterocycles. The molecule has 1 N–H and O–H groups in total. The predicted molar refractivity (Wildman–Crippen MR) is 81.9 cm³/mol. The molecule has 0 bridgehead atoms. The van der Waals surface area contributed by atoms with Crippen LogP contribution in [0.5, 0.6) is 5.75 Å². The van der Waals surface area contributed by atoms with Crippen molar-refractivity contribution in [2.24, 2.45) is 0 Å². The Balaban J connectivity index is 1.94. The van der Waals surface area contributed by atoms with Crippen LogP contribution >= 0.6 is 15.9 Å². The summed E-state index contributed by atoms with van der Waals surface area (Å²) in [5, 5.41) is 9.24. The highest BCUT2D eigenvalue weighted by Crippen LogP contribution is 2.35. The minimum atomic E-state index is -0.974. The monoisotopic (exact) mass is 348 g/mol. The van der Waals surface area contributed by atoms with E-state index < -0.39 is 5.97 Å². The standard InChI is InChI=1S/C15H13BrN2O3/c16-11-6-10(7-17-8-11)9-18-4-5-21-14-12(15(19)20)2-1-3-13(14)18/h1-3,6-8H,4-5,9H2,(H,19,20). The summed E-state index contributed by atoms with van der Waals surface area (Å²) in [6.45, 7) is 1.84. The molecule has 0 fully saturated rings. The Morgan fingerprint density at radius 3 is 3.05 bits per heavy atom. The van der Waals surface area contributed by atoms with Gasteiger partial charge in [-0.05, 0) is 39.7 Å². The summed E-state index contributed by atoms with van der Waals surface area (Å²) in [4.78, 5) is 17.5. The van der Waals surface area contributed by atoms with Crippen LogP contribution in [-0.2, 0) is 6.54 Å². The molecule has 21 heavy (non-hydrogen) atoms. The molecule has 1 aromatic heterocycles. The first kappa shape index (κ1) is 13.9. The number of hydrogen-bond acceptors (Lipinski definition) is 4. The molecule has 1 aromatic carbocycles. The molecule has 0 aliphatic carbocycles. The average Bonchev–Trinajstić information content (AvgIpc) is 2.47. The van der Waals surface area contributed by atoms with E-state index >= 15 is 0 Å². The number of pyridine rings is 1. The molecule has 0 amide bonds. The second kappa shape index (κ2) is 5.73. The van der Waals surface area contributed by atoms with Crippen LogP contribution in [0, 0.1) is 0 Å². The zero-order valence-electron chi connectivity index (χ0n) is 11.1. The van der Waals surface area contributed by atoms with Crippen molar-refractivity contribution in [1.82, 2.24) is 4.98 Å². The first-order chi connectivity index (χ1) is 10.1. The zero-order chi connectivity index (χ0) is 14.8. The summed E-state index contributed by atoms with van der Waals surface area (Å²) in [5.41, 5.74) is 2.06. The van der Waals surface area contributed by atoms with Crippen molar-refractivity contribution >= 4 is 27.6 Å². The maximum absolute atomic E-state index is 11.3. The third-order valence-corrected chi connectivity index (χ3v) is 3.74. The van der Waals surface area contributed by atoms with E-state index in [9.17, 15) is 9.90 Å². The van der Waals surface area contributed by atoms with Crippen molar-refractivity contribution in [1.29, 1.82) is 0 Å². The summed E-state index contributed by atoms with van der Waals surface area (Å²) < 4.78 is 6.48. The maximum atomic E-state index is 11.3. The van der Waals surface area contributed by atoms with E-state index in [1.165, 1.54) is 0 Å². The number of hydrogen-bond donors (Lipinski definition) is 1. The molecule has 108 valence electrons. The van der Waals surface area contributed by atoms with E-state index in [4.69, 9.17) is 4.74 Å². The topological polar surface area (TPSA) is 62.7 Å². The minimum absolute atomic E-state index is 0.199. The molecular formula is C15H13BrN2O3. The van der Waals surface area contributed by atoms with Gasteiger partial charge in [-0.3, -0.25) is 4.98 Å². The second-order valence-corrected chi connectivity index (χ2v) is 5.66. The Hall–Kier alpha value is -2.08. The number of carboxylic acids is 1. The number of rotatable bonds is 3. The number of ether oxygens (including phenoxy) is 1. The van der Waals surface area contributed by atoms with Crippen LogP contribution in [0.4, 0.5) is 5.69 Å². The second-order valence-electron chi connectivity index (χ2n) is 4.74. The van der Waals surface area contributed by atoms with E-state index in [0.717, 1.165) is 15.7 Å². The molecule has 3 rings (SSSR count). The number of para-hydroxylation sites is 1. The number of halogens is 1. The fraction of sp³-hybridized carbons (Fsp3) is 0.200. The van der Waals surface area contributed by atoms with Gasteiger partial charge in [0, 0.05) is 23.4 Å². The van der Waals surface area contributed by atoms with E-state index in [-0.39, 0.29) is 5.56 Å². The molecule has 2 aromatic rings. The fourth-order valence-electron chi connectivity index (χ4n) is 2.40. The van der Waals surface area contributed by atoms with Gasteiger partial charge in [-0.1, -0.05) is 6.07 Å². The number of fused-ring (bicyclic) bond motifs is 1. The third-order valence-electron chi connectivity index (χ3n) is 3.31. The lowest BCUT2D eigenvalue weighted by atomic mass is 10.1. The molecule has 1 aliphatic rings. The molecule has 0 radical (unpaired) electrons. The average molecular weight is 349 g/mol. The van der Waals surface area contributed by atoms with Crippen LogP contribution < -0.4 is 9.64 Å². The number of nitrogens with zero attached hydrogens (tertiary/aromatic N) is 2. The molecular weight excluding hydrogens is 336 g/mol. The fourth-order valence-corrected chi connectivity index (χ4v) is 2.81. The lowest BCUT2D eigenvalue weighted by Crippen LogP contribution is -2.33. The van der Waals surface area contributed by atoms with Crippen molar-refractivity contribution in [3.8, 4) is 5.75 Å². The number of carboxylic acid groups (broad SMARTS) is 1. The van der Waals surface area contributed by atoms with Crippen LogP contribution in [0.25, 0.3) is 0 Å². The molecule has 6 heteroatoms. The van der Waals surface area contributed by atoms with Gasteiger partial charge < -0.3 is 14.7 Å². The minimum Gasteiger partial charge on any atom is -0.489 e. The first-order valence-electron chi connectivity index (χ1n) is 6.48. The van der Waals surface area contributed by atoms with Gasteiger partial charge in [-0.15, -0.1) is 0 Å². The zero-order valence-corrected chi connectivity index (χ0v) is 12.7. The Morgan fingerprint density at radius 2 is 2.29 bits per heavy atom. The molecule has 0 unspecified atom stereocenters. The SMILES string of the molecule is O=C(O)c1cccc2c1OCCN2Cc1cncc(Br)c1. The lowest BCUT2D eigenvalue weighted by Gasteiger charge is -2.32. The van der Waals surface area contributed by atoms with Crippen LogP contribution in [-0.4, -0.2) is 29.2 Å². The highest BCUT2D eigenvalue weighted by atomic mass is 79.9. The molecule has 0 spiro atoms. The van der Waals surface area contributed by atoms with Gasteiger partial charge in [0.1, 0.15) is 12.2 Å². The number of aromatic carboxylic acids is 1. The summed E-state index contributed by atoms with van der Waals surface area (Å²) >= 11 is 3.41. The number of carbonyl (C=O) groups is 1. The number of anilines is 1. The Labute approximate surface area is 130 Å². The molecule has 0 saturated carbocycles. The Kier molecular flexibility index (Phi) is 3.79. The van der Waals surface area contributed by atoms with Gasteiger partial charge in [0.2, 0.25) is 0 Å². The third kappa shape index (κ3) is 2.85. The smallest absolute Gasteiger partial charge is 0.339 e. The lowest BCUT2D eigenvalue weighted by molar-refractivity contribution is 0.0692. The van der Waals surface area contributed by atoms with E-state index in [2.05, 4.69) is 25.8 Å². The quantitative estimate of drug-likeness (QED) is 0.923. The van der Waals surface area contributed by atoms with Crippen LogP contribution in [0.2, 0.25) is 0 Å². The highest BCUT2D eigenvalue weighted by Gasteiger charge is 2.23. The summed E-state index contributed by atoms with van der Waals surface area (Å²) in [7, 11) is 0. The van der Waals surface area contributed by atoms with Gasteiger partial charge in [0.05, 0.1) is 12.2 Å². The maximum Gasteiger partial charge on any atom is 0.339 e. The number of benzene rings is 1. The predicted octanol–water partition coefficient (Wildman–Crippen LogP) is 2.94. The van der Waals surface area contributed by atoms with Gasteiger partial charge in [0.25, 0.3) is 0 Å². The number of aromatic nitrogens is 1. The van der Waals surface area contributed by atoms with Crippen LogP contribution in [0.15, 0.2) is 41.1 Å². The Bertz CT molecular complexity index is 690. The van der Waals surface area contributed by atoms with E-state index in [1.807, 2.05) is 12.1 Å². The largest absolute Gasteiger partial charge is 0.489 e. The van der Waals surface area contributed by atoms with Crippen molar-refractivity contribution in [3.05, 3.63) is 52.3 Å². The molecule has 0 saturated heterocycles. The first-order valence-corrected chi connectivity index (χ1v) is 7.28. The van der Waals surface area contributed by atoms with Gasteiger partial charge in [0.15, 0.2) is 5.75 Å². The van der Waals surface area contributed by atoms with E-state index in [1.54, 1.807) is 24.5 Å². The highest BCUT2D eigenvalue weighted by molar-refractivity contribution is 9.10. The molecule has 0 atom stereocenters. The molecule has 1 aliphatic heterocycles. The van der Waals surface area contributed by atoms with Gasteiger partial charge >= 0.3 is 5.97 Å². The van der Waals surface area contributed by atoms with Crippen LogP contribution in [0.1, 0.15) is 15.9 Å². The Morgan fingerprint density at radius 1 is 1.43 bits per heavy atom. The van der Waals surface area contributed by atoms with Crippen molar-refractivity contribution < 1.29 is 14.6 Å². The van der Waals surface area contributed by atoms with Crippen molar-refractivity contribution in [2.45, 2.75) is 6.54 Å². The van der Waals surface area contributed by atoms with Gasteiger partial charge in [-0.25, -0.2) is 4.79 Å². The summed E-state index contributed by atoms with van der Waals surface area (Å²) in [5.74, 6) is -0.531.